The largest absolute Gasteiger partial charge is 0.454 e. The van der Waals surface area contributed by atoms with Crippen LogP contribution in [0.3, 0.4) is 0 Å². The van der Waals surface area contributed by atoms with Crippen molar-refractivity contribution in [2.75, 3.05) is 0 Å². The highest BCUT2D eigenvalue weighted by Gasteiger charge is 2.20. The Balaban J connectivity index is 1.29. The first-order chi connectivity index (χ1) is 20.3. The summed E-state index contributed by atoms with van der Waals surface area (Å²) in [4.78, 5) is 0. The Morgan fingerprint density at radius 2 is 1.22 bits per heavy atom. The molecule has 0 amide bonds. The lowest BCUT2D eigenvalue weighted by molar-refractivity contribution is 0.673. The van der Waals surface area contributed by atoms with E-state index in [0.29, 0.717) is 0 Å². The van der Waals surface area contributed by atoms with Crippen LogP contribution in [0.2, 0.25) is 0 Å². The van der Waals surface area contributed by atoms with E-state index in [-0.39, 0.29) is 0 Å². The Hall–Kier alpha value is -5.12. The van der Waals surface area contributed by atoms with Gasteiger partial charge in [0.15, 0.2) is 5.58 Å². The number of furan rings is 1. The summed E-state index contributed by atoms with van der Waals surface area (Å²) in [5, 5.41) is 4.89. The molecular weight excluding hydrogens is 518 g/mol. The average Bonchev–Trinajstić information content (AvgIpc) is 3.70. The van der Waals surface area contributed by atoms with Gasteiger partial charge < -0.3 is 8.98 Å². The molecule has 0 bridgehead atoms. The summed E-state index contributed by atoms with van der Waals surface area (Å²) in [5.74, 6) is 0. The Bertz CT molecular complexity index is 2420. The van der Waals surface area contributed by atoms with E-state index < -0.39 is 0 Å². The van der Waals surface area contributed by atoms with Crippen LogP contribution >= 0.6 is 11.3 Å². The Morgan fingerprint density at radius 3 is 2.12 bits per heavy atom. The van der Waals surface area contributed by atoms with Gasteiger partial charge in [0.1, 0.15) is 11.1 Å². The van der Waals surface area contributed by atoms with Crippen molar-refractivity contribution in [3.63, 3.8) is 0 Å². The molecule has 2 nitrogen and oxygen atoms in total. The molecule has 192 valence electrons. The molecule has 0 saturated heterocycles. The second kappa shape index (κ2) is 8.69. The minimum absolute atomic E-state index is 0.900. The lowest BCUT2D eigenvalue weighted by Gasteiger charge is -2.12. The smallest absolute Gasteiger partial charge is 0.161 e. The number of hydrogen-bond acceptors (Lipinski definition) is 2. The molecule has 9 rings (SSSR count). The molecule has 0 spiro atoms. The monoisotopic (exact) mass is 541 g/mol. The predicted molar refractivity (Wildman–Crippen MR) is 174 cm³/mol. The van der Waals surface area contributed by atoms with Crippen molar-refractivity contribution in [1.29, 1.82) is 0 Å². The van der Waals surface area contributed by atoms with Gasteiger partial charge in [-0.25, -0.2) is 0 Å². The topological polar surface area (TPSA) is 18.1 Å². The quantitative estimate of drug-likeness (QED) is 0.217. The molecule has 6 aromatic carbocycles. The molecule has 0 N–H and O–H groups in total. The first kappa shape index (κ1) is 22.7. The molecule has 0 aliphatic heterocycles. The normalized spacial score (nSPS) is 11.9. The summed E-state index contributed by atoms with van der Waals surface area (Å²) in [6, 6.07) is 49.9. The second-order valence-electron chi connectivity index (χ2n) is 10.5. The summed E-state index contributed by atoms with van der Waals surface area (Å²) in [6.45, 7) is 0. The van der Waals surface area contributed by atoms with Crippen molar-refractivity contribution in [3.8, 4) is 27.9 Å². The highest BCUT2D eigenvalue weighted by Crippen LogP contribution is 2.44. The van der Waals surface area contributed by atoms with E-state index in [2.05, 4.69) is 144 Å². The summed E-state index contributed by atoms with van der Waals surface area (Å²) in [6.07, 6.45) is 0. The third-order valence-corrected chi connectivity index (χ3v) is 9.36. The third-order valence-electron chi connectivity index (χ3n) is 8.22. The maximum absolute atomic E-state index is 6.67. The Morgan fingerprint density at radius 1 is 0.512 bits per heavy atom. The fourth-order valence-electron chi connectivity index (χ4n) is 6.45. The number of thiophene rings is 1. The van der Waals surface area contributed by atoms with Gasteiger partial charge in [0.05, 0.1) is 5.52 Å². The van der Waals surface area contributed by atoms with Crippen LogP contribution in [-0.4, -0.2) is 4.57 Å². The highest BCUT2D eigenvalue weighted by atomic mass is 32.1. The lowest BCUT2D eigenvalue weighted by Crippen LogP contribution is -1.92. The number of benzene rings is 6. The van der Waals surface area contributed by atoms with Crippen LogP contribution in [0.15, 0.2) is 144 Å². The first-order valence-corrected chi connectivity index (χ1v) is 14.7. The maximum Gasteiger partial charge on any atom is 0.161 e. The standard InChI is InChI=1S/C38H23NOS/c1-2-11-25(12-3-1)39-32-18-8-6-15-29(32)38-37(39)30-22-21-24(23-33(30)40-38)26-13-4-5-14-27(26)28-17-10-20-35-36(28)31-16-7-9-19-34(31)41-35/h1-23H. The van der Waals surface area contributed by atoms with Gasteiger partial charge in [0, 0.05) is 36.6 Å². The molecule has 0 fully saturated rings. The van der Waals surface area contributed by atoms with Gasteiger partial charge in [0.25, 0.3) is 0 Å². The van der Waals surface area contributed by atoms with Crippen LogP contribution in [0.25, 0.3) is 81.1 Å². The molecule has 0 unspecified atom stereocenters. The molecule has 0 saturated carbocycles. The predicted octanol–water partition coefficient (Wildman–Crippen LogP) is 11.2. The average molecular weight is 542 g/mol. The molecule has 0 aliphatic carbocycles. The number of hydrogen-bond donors (Lipinski definition) is 0. The summed E-state index contributed by atoms with van der Waals surface area (Å²) in [5.41, 5.74) is 10.1. The summed E-state index contributed by atoms with van der Waals surface area (Å²) >= 11 is 1.86. The molecule has 9 aromatic rings. The van der Waals surface area contributed by atoms with E-state index in [0.717, 1.165) is 44.2 Å². The van der Waals surface area contributed by atoms with Crippen molar-refractivity contribution in [2.45, 2.75) is 0 Å². The van der Waals surface area contributed by atoms with Gasteiger partial charge in [-0.15, -0.1) is 11.3 Å². The second-order valence-corrected chi connectivity index (χ2v) is 11.6. The van der Waals surface area contributed by atoms with Crippen molar-refractivity contribution in [1.82, 2.24) is 4.57 Å². The van der Waals surface area contributed by atoms with Crippen molar-refractivity contribution in [3.05, 3.63) is 140 Å². The zero-order chi connectivity index (χ0) is 26.9. The van der Waals surface area contributed by atoms with Crippen molar-refractivity contribution < 1.29 is 4.42 Å². The van der Waals surface area contributed by atoms with Crippen LogP contribution in [-0.2, 0) is 0 Å². The Labute approximate surface area is 240 Å². The number of para-hydroxylation sites is 2. The van der Waals surface area contributed by atoms with Crippen LogP contribution < -0.4 is 0 Å². The number of aromatic nitrogens is 1. The highest BCUT2D eigenvalue weighted by molar-refractivity contribution is 7.25. The van der Waals surface area contributed by atoms with Crippen LogP contribution in [0.1, 0.15) is 0 Å². The number of fused-ring (bicyclic) bond motifs is 8. The SMILES string of the molecule is c1ccc(-n2c3ccccc3c3oc4cc(-c5ccccc5-c5cccc6sc7ccccc7c56)ccc4c32)cc1. The van der Waals surface area contributed by atoms with Crippen LogP contribution in [0, 0.1) is 0 Å². The van der Waals surface area contributed by atoms with E-state index in [9.17, 15) is 0 Å². The summed E-state index contributed by atoms with van der Waals surface area (Å²) in [7, 11) is 0. The van der Waals surface area contributed by atoms with Gasteiger partial charge in [0.2, 0.25) is 0 Å². The van der Waals surface area contributed by atoms with Crippen LogP contribution in [0.4, 0.5) is 0 Å². The third kappa shape index (κ3) is 3.30. The zero-order valence-corrected chi connectivity index (χ0v) is 22.9. The minimum atomic E-state index is 0.900. The van der Waals surface area contributed by atoms with E-state index in [1.165, 1.54) is 36.9 Å². The van der Waals surface area contributed by atoms with E-state index in [1.807, 2.05) is 11.3 Å². The van der Waals surface area contributed by atoms with Crippen molar-refractivity contribution >= 4 is 64.5 Å². The molecule has 0 atom stereocenters. The molecule has 3 heterocycles. The molecule has 41 heavy (non-hydrogen) atoms. The Kier molecular flexibility index (Phi) is 4.80. The van der Waals surface area contributed by atoms with Gasteiger partial charge >= 0.3 is 0 Å². The van der Waals surface area contributed by atoms with Gasteiger partial charge in [-0.2, -0.15) is 0 Å². The zero-order valence-electron chi connectivity index (χ0n) is 22.0. The first-order valence-electron chi connectivity index (χ1n) is 13.9. The van der Waals surface area contributed by atoms with Crippen LogP contribution in [0.5, 0.6) is 0 Å². The van der Waals surface area contributed by atoms with E-state index in [1.54, 1.807) is 0 Å². The van der Waals surface area contributed by atoms with Gasteiger partial charge in [-0.1, -0.05) is 91.0 Å². The fraction of sp³-hybridized carbons (Fsp3) is 0. The maximum atomic E-state index is 6.67. The molecule has 3 heteroatoms. The number of rotatable bonds is 3. The minimum Gasteiger partial charge on any atom is -0.454 e. The molecule has 0 aliphatic rings. The lowest BCUT2D eigenvalue weighted by atomic mass is 9.92. The van der Waals surface area contributed by atoms with Gasteiger partial charge in [-0.05, 0) is 70.8 Å². The van der Waals surface area contributed by atoms with E-state index in [4.69, 9.17) is 4.42 Å². The summed E-state index contributed by atoms with van der Waals surface area (Å²) < 4.78 is 11.6. The van der Waals surface area contributed by atoms with Gasteiger partial charge in [-0.3, -0.25) is 0 Å². The molecule has 3 aromatic heterocycles. The number of nitrogens with zero attached hydrogens (tertiary/aromatic N) is 1. The van der Waals surface area contributed by atoms with Crippen molar-refractivity contribution in [2.24, 2.45) is 0 Å². The molecule has 0 radical (unpaired) electrons. The van der Waals surface area contributed by atoms with E-state index >= 15 is 0 Å². The fourth-order valence-corrected chi connectivity index (χ4v) is 7.58. The molecular formula is C38H23NOS.